The second-order valence-electron chi connectivity index (χ2n) is 5.46. The molecule has 1 unspecified atom stereocenters. The van der Waals surface area contributed by atoms with E-state index in [4.69, 9.17) is 5.11 Å². The van der Waals surface area contributed by atoms with Gasteiger partial charge in [-0.3, -0.25) is 9.59 Å². The van der Waals surface area contributed by atoms with E-state index in [-0.39, 0.29) is 36.1 Å². The number of phenols is 1. The Morgan fingerprint density at radius 3 is 2.57 bits per heavy atom. The monoisotopic (exact) mass is 405 g/mol. The Balaban J connectivity index is 2.68. The van der Waals surface area contributed by atoms with E-state index in [0.717, 1.165) is 9.99 Å². The van der Waals surface area contributed by atoms with Crippen LogP contribution in [0.5, 0.6) is 5.75 Å². The number of rotatable bonds is 7. The van der Waals surface area contributed by atoms with Gasteiger partial charge < -0.3 is 15.5 Å². The van der Waals surface area contributed by atoms with Crippen LogP contribution < -0.4 is 5.32 Å². The van der Waals surface area contributed by atoms with E-state index in [1.165, 1.54) is 6.07 Å². The Bertz CT molecular complexity index is 516. The largest absolute Gasteiger partial charge is 0.507 e. The first-order valence-electron chi connectivity index (χ1n) is 6.78. The Hall–Kier alpha value is -1.31. The Morgan fingerprint density at radius 2 is 2.00 bits per heavy atom. The summed E-state index contributed by atoms with van der Waals surface area (Å²) in [5.74, 6) is -1.09. The summed E-state index contributed by atoms with van der Waals surface area (Å²) in [6.45, 7) is 4.32. The molecule has 0 fully saturated rings. The minimum Gasteiger partial charge on any atom is -0.507 e. The first-order chi connectivity index (χ1) is 9.79. The van der Waals surface area contributed by atoms with E-state index < -0.39 is 5.97 Å². The molecule has 0 bridgehead atoms. The lowest BCUT2D eigenvalue weighted by Crippen LogP contribution is -2.31. The summed E-state index contributed by atoms with van der Waals surface area (Å²) in [5, 5.41) is 21.3. The van der Waals surface area contributed by atoms with E-state index in [2.05, 4.69) is 27.9 Å². The third-order valence-corrected chi connectivity index (χ3v) is 3.69. The second-order valence-corrected chi connectivity index (χ2v) is 6.71. The number of amides is 1. The highest BCUT2D eigenvalue weighted by Crippen LogP contribution is 2.20. The molecule has 0 radical (unpaired) electrons. The molecule has 0 saturated carbocycles. The van der Waals surface area contributed by atoms with E-state index in [1.807, 2.05) is 13.8 Å². The van der Waals surface area contributed by atoms with Gasteiger partial charge in [0.25, 0.3) is 5.91 Å². The zero-order valence-electron chi connectivity index (χ0n) is 12.1. The molecule has 0 saturated heterocycles. The van der Waals surface area contributed by atoms with Crippen molar-refractivity contribution in [3.8, 4) is 5.75 Å². The number of hydrogen-bond donors (Lipinski definition) is 3. The number of halogens is 1. The fraction of sp³-hybridized carbons (Fsp3) is 0.467. The van der Waals surface area contributed by atoms with Crippen LogP contribution in [0.25, 0.3) is 0 Å². The summed E-state index contributed by atoms with van der Waals surface area (Å²) in [4.78, 5) is 22.9. The number of phenolic OH excluding ortho intramolecular Hbond substituents is 1. The van der Waals surface area contributed by atoms with Crippen LogP contribution in [-0.2, 0) is 4.79 Å². The molecule has 5 nitrogen and oxygen atoms in total. The van der Waals surface area contributed by atoms with Crippen molar-refractivity contribution in [1.29, 1.82) is 0 Å². The van der Waals surface area contributed by atoms with Gasteiger partial charge in [0, 0.05) is 16.5 Å². The van der Waals surface area contributed by atoms with Gasteiger partial charge in [0.05, 0.1) is 5.56 Å². The zero-order valence-corrected chi connectivity index (χ0v) is 14.3. The quantitative estimate of drug-likeness (QED) is 0.609. The Labute approximate surface area is 137 Å². The third kappa shape index (κ3) is 6.33. The molecule has 0 aromatic heterocycles. The van der Waals surface area contributed by atoms with Crippen LogP contribution in [-0.4, -0.2) is 28.6 Å². The van der Waals surface area contributed by atoms with Crippen molar-refractivity contribution < 1.29 is 19.8 Å². The number of aliphatic carboxylic acids is 1. The van der Waals surface area contributed by atoms with Crippen molar-refractivity contribution in [3.63, 3.8) is 0 Å². The molecule has 0 heterocycles. The van der Waals surface area contributed by atoms with Crippen molar-refractivity contribution in [2.75, 3.05) is 6.54 Å². The second kappa shape index (κ2) is 8.21. The normalized spacial score (nSPS) is 12.2. The smallest absolute Gasteiger partial charge is 0.303 e. The molecule has 0 aliphatic rings. The van der Waals surface area contributed by atoms with Gasteiger partial charge in [-0.2, -0.15) is 0 Å². The molecule has 3 N–H and O–H groups in total. The van der Waals surface area contributed by atoms with Crippen molar-refractivity contribution in [3.05, 3.63) is 27.3 Å². The van der Waals surface area contributed by atoms with Gasteiger partial charge in [-0.05, 0) is 59.0 Å². The number of hydrogen-bond acceptors (Lipinski definition) is 3. The molecule has 6 heteroatoms. The molecule has 1 amide bonds. The first-order valence-corrected chi connectivity index (χ1v) is 7.86. The van der Waals surface area contributed by atoms with E-state index in [9.17, 15) is 14.7 Å². The van der Waals surface area contributed by atoms with Crippen LogP contribution in [0.3, 0.4) is 0 Å². The van der Waals surface area contributed by atoms with E-state index >= 15 is 0 Å². The highest BCUT2D eigenvalue weighted by molar-refractivity contribution is 14.1. The fourth-order valence-corrected chi connectivity index (χ4v) is 2.67. The highest BCUT2D eigenvalue weighted by Gasteiger charge is 2.18. The fourth-order valence-electron chi connectivity index (χ4n) is 2.17. The van der Waals surface area contributed by atoms with Gasteiger partial charge in [0.2, 0.25) is 0 Å². The maximum atomic E-state index is 12.1. The predicted octanol–water partition coefficient (Wildman–Crippen LogP) is 2.86. The van der Waals surface area contributed by atoms with Crippen LogP contribution in [0.4, 0.5) is 0 Å². The third-order valence-electron chi connectivity index (χ3n) is 3.02. The number of nitrogens with one attached hydrogen (secondary N) is 1. The summed E-state index contributed by atoms with van der Waals surface area (Å²) in [6.07, 6.45) is 0.752. The predicted molar refractivity (Wildman–Crippen MR) is 88.4 cm³/mol. The molecule has 1 aromatic carbocycles. The average Bonchev–Trinajstić information content (AvgIpc) is 2.37. The first kappa shape index (κ1) is 17.7. The minimum atomic E-state index is -0.869. The van der Waals surface area contributed by atoms with Gasteiger partial charge in [-0.25, -0.2) is 0 Å². The SMILES string of the molecule is CC(C)CC(CNC(=O)c1cc(I)ccc1O)CC(=O)O. The number of carboxylic acids is 1. The van der Waals surface area contributed by atoms with Crippen molar-refractivity contribution >= 4 is 34.5 Å². The molecule has 0 aliphatic heterocycles. The summed E-state index contributed by atoms with van der Waals surface area (Å²) in [5.41, 5.74) is 0.209. The summed E-state index contributed by atoms with van der Waals surface area (Å²) < 4.78 is 0.847. The van der Waals surface area contributed by atoms with Crippen molar-refractivity contribution in [1.82, 2.24) is 5.32 Å². The molecule has 0 spiro atoms. The maximum Gasteiger partial charge on any atom is 0.303 e. The summed E-state index contributed by atoms with van der Waals surface area (Å²) in [6, 6.07) is 4.78. The molecule has 1 rings (SSSR count). The molecule has 21 heavy (non-hydrogen) atoms. The van der Waals surface area contributed by atoms with Crippen LogP contribution >= 0.6 is 22.6 Å². The van der Waals surface area contributed by atoms with Gasteiger partial charge in [0.15, 0.2) is 0 Å². The number of carbonyl (C=O) groups is 2. The number of carbonyl (C=O) groups excluding carboxylic acids is 1. The lowest BCUT2D eigenvalue weighted by atomic mass is 9.94. The van der Waals surface area contributed by atoms with Crippen molar-refractivity contribution in [2.24, 2.45) is 11.8 Å². The van der Waals surface area contributed by atoms with Gasteiger partial charge in [-0.1, -0.05) is 13.8 Å². The Morgan fingerprint density at radius 1 is 1.33 bits per heavy atom. The number of carboxylic acid groups (broad SMARTS) is 1. The molecular weight excluding hydrogens is 385 g/mol. The lowest BCUT2D eigenvalue weighted by molar-refractivity contribution is -0.138. The Kier molecular flexibility index (Phi) is 6.94. The molecule has 1 aromatic rings. The summed E-state index contributed by atoms with van der Waals surface area (Å²) >= 11 is 2.06. The van der Waals surface area contributed by atoms with Crippen LogP contribution in [0.2, 0.25) is 0 Å². The number of benzene rings is 1. The molecule has 116 valence electrons. The molecule has 1 atom stereocenters. The molecular formula is C15H20INO4. The van der Waals surface area contributed by atoms with E-state index in [1.54, 1.807) is 12.1 Å². The van der Waals surface area contributed by atoms with Crippen LogP contribution in [0, 0.1) is 15.4 Å². The zero-order chi connectivity index (χ0) is 16.0. The topological polar surface area (TPSA) is 86.6 Å². The van der Waals surface area contributed by atoms with Crippen molar-refractivity contribution in [2.45, 2.75) is 26.7 Å². The van der Waals surface area contributed by atoms with Gasteiger partial charge >= 0.3 is 5.97 Å². The van der Waals surface area contributed by atoms with Gasteiger partial charge in [-0.15, -0.1) is 0 Å². The average molecular weight is 405 g/mol. The minimum absolute atomic E-state index is 0.0246. The van der Waals surface area contributed by atoms with Gasteiger partial charge in [0.1, 0.15) is 5.75 Å². The standard InChI is InChI=1S/C15H20INO4/c1-9(2)5-10(6-14(19)20)8-17-15(21)12-7-11(16)3-4-13(12)18/h3-4,7,9-10,18H,5-6,8H2,1-2H3,(H,17,21)(H,19,20). The number of aromatic hydroxyl groups is 1. The van der Waals surface area contributed by atoms with E-state index in [0.29, 0.717) is 5.92 Å². The molecule has 0 aliphatic carbocycles. The maximum absolute atomic E-state index is 12.1. The van der Waals surface area contributed by atoms with Crippen LogP contribution in [0.1, 0.15) is 37.0 Å². The van der Waals surface area contributed by atoms with Crippen LogP contribution in [0.15, 0.2) is 18.2 Å². The highest BCUT2D eigenvalue weighted by atomic mass is 127. The lowest BCUT2D eigenvalue weighted by Gasteiger charge is -2.18. The summed E-state index contributed by atoms with van der Waals surface area (Å²) in [7, 11) is 0.